The summed E-state index contributed by atoms with van der Waals surface area (Å²) < 4.78 is 37.9. The van der Waals surface area contributed by atoms with Crippen LogP contribution in [0.5, 0.6) is 0 Å². The topological polar surface area (TPSA) is 172 Å². The van der Waals surface area contributed by atoms with E-state index < -0.39 is 89.8 Å². The number of hydrogen-bond donors (Lipinski definition) is 1. The second kappa shape index (κ2) is 21.0. The van der Waals surface area contributed by atoms with E-state index in [1.165, 1.54) is 19.0 Å². The highest BCUT2D eigenvalue weighted by Gasteiger charge is 2.55. The Morgan fingerprint density at radius 1 is 0.938 bits per heavy atom. The highest BCUT2D eigenvalue weighted by atomic mass is 16.7. The highest BCUT2D eigenvalue weighted by molar-refractivity contribution is 6.00. The number of rotatable bonds is 12. The lowest BCUT2D eigenvalue weighted by molar-refractivity contribution is -0.294. The van der Waals surface area contributed by atoms with E-state index in [1.807, 2.05) is 56.3 Å². The lowest BCUT2D eigenvalue weighted by atomic mass is 9.75. The molecule has 0 radical (unpaired) electrons. The number of carbonyl (C=O) groups is 5. The molecule has 13 atom stereocenters. The van der Waals surface area contributed by atoms with Gasteiger partial charge in [-0.05, 0) is 96.8 Å². The third-order valence-electron chi connectivity index (χ3n) is 13.4. The monoisotopic (exact) mass is 886 g/mol. The van der Waals surface area contributed by atoms with Crippen LogP contribution in [0.1, 0.15) is 90.1 Å². The fourth-order valence-electron chi connectivity index (χ4n) is 9.74. The van der Waals surface area contributed by atoms with Crippen LogP contribution in [0.2, 0.25) is 0 Å². The molecule has 3 fully saturated rings. The molecule has 0 saturated carbocycles. The number of amides is 1. The minimum absolute atomic E-state index is 0.0817. The third-order valence-corrected chi connectivity index (χ3v) is 13.4. The van der Waals surface area contributed by atoms with Crippen molar-refractivity contribution in [3.8, 4) is 0 Å². The standard InChI is InChI=1S/C49H66N4O11/c1-11-38-43-39(53(48(58)63-43)51-24-17-20-33-23-25-50-36-22-16-15-21-35(33)36)30(4)40(54)28(2)27-49(7,59-10)44(31(5)41(55)32(6)45(56)61-38)64-47-42(37(52(8)9)26-29(3)60-47)62-46(57)34-18-13-12-14-19-34/h12-16,18-19,21-23,25,28-32,37-39,42-44,47,51H,11,17,20,24,26-27H2,1-10H3/t28-,29?,30-,31?,32?,37?,38?,39-,42-,43?,44-,47?,49+/m1/s1. The largest absolute Gasteiger partial charge is 0.458 e. The minimum atomic E-state index is -1.34. The van der Waals surface area contributed by atoms with Crippen LogP contribution in [-0.2, 0) is 49.2 Å². The van der Waals surface area contributed by atoms with Gasteiger partial charge in [0.2, 0.25) is 0 Å². The van der Waals surface area contributed by atoms with E-state index >= 15 is 0 Å². The number of likely N-dealkylation sites (N-methyl/N-ethyl adjacent to an activating group) is 1. The van der Waals surface area contributed by atoms with Gasteiger partial charge < -0.3 is 33.3 Å². The van der Waals surface area contributed by atoms with Crippen LogP contribution in [0.4, 0.5) is 4.79 Å². The molecule has 15 nitrogen and oxygen atoms in total. The van der Waals surface area contributed by atoms with Crippen molar-refractivity contribution in [3.05, 3.63) is 78.0 Å². The molecule has 0 aliphatic carbocycles. The van der Waals surface area contributed by atoms with E-state index in [1.54, 1.807) is 71.1 Å². The lowest BCUT2D eigenvalue weighted by Crippen LogP contribution is -2.60. The van der Waals surface area contributed by atoms with E-state index in [9.17, 15) is 24.0 Å². The molecule has 0 bridgehead atoms. The summed E-state index contributed by atoms with van der Waals surface area (Å²) >= 11 is 0. The Morgan fingerprint density at radius 3 is 2.33 bits per heavy atom. The average molecular weight is 887 g/mol. The summed E-state index contributed by atoms with van der Waals surface area (Å²) in [5.41, 5.74) is 4.28. The molecule has 0 spiro atoms. The summed E-state index contributed by atoms with van der Waals surface area (Å²) in [5, 5.41) is 2.42. The molecular weight excluding hydrogens is 821 g/mol. The van der Waals surface area contributed by atoms with Gasteiger partial charge >= 0.3 is 18.0 Å². The Balaban J connectivity index is 1.30. The van der Waals surface area contributed by atoms with Crippen molar-refractivity contribution in [3.63, 3.8) is 0 Å². The zero-order valence-electron chi connectivity index (χ0n) is 38.9. The number of fused-ring (bicyclic) bond motifs is 2. The van der Waals surface area contributed by atoms with E-state index in [4.69, 9.17) is 28.4 Å². The smallest absolute Gasteiger partial charge is 0.425 e. The first-order valence-corrected chi connectivity index (χ1v) is 22.6. The number of cyclic esters (lactones) is 1. The molecule has 2 aromatic carbocycles. The van der Waals surface area contributed by atoms with Gasteiger partial charge in [-0.1, -0.05) is 64.1 Å². The van der Waals surface area contributed by atoms with Gasteiger partial charge in [0.05, 0.1) is 34.9 Å². The number of esters is 2. The molecule has 64 heavy (non-hydrogen) atoms. The maximum atomic E-state index is 14.8. The number of nitrogens with one attached hydrogen (secondary N) is 1. The number of benzene rings is 2. The Hall–Kier alpha value is -4.80. The number of carbonyl (C=O) groups excluding carboxylic acids is 5. The summed E-state index contributed by atoms with van der Waals surface area (Å²) in [6, 6.07) is 17.3. The molecule has 3 saturated heterocycles. The molecular formula is C49H66N4O11. The molecule has 3 aliphatic rings. The first-order chi connectivity index (χ1) is 30.5. The second-order valence-electron chi connectivity index (χ2n) is 18.2. The summed E-state index contributed by atoms with van der Waals surface area (Å²) in [5.74, 6) is -5.83. The highest BCUT2D eigenvalue weighted by Crippen LogP contribution is 2.39. The van der Waals surface area contributed by atoms with Crippen molar-refractivity contribution in [2.24, 2.45) is 23.7 Å². The molecule has 7 unspecified atom stereocenters. The van der Waals surface area contributed by atoms with E-state index in [0.717, 1.165) is 16.5 Å². The first-order valence-electron chi connectivity index (χ1n) is 22.6. The van der Waals surface area contributed by atoms with E-state index in [-0.39, 0.29) is 30.8 Å². The molecule has 1 amide bonds. The summed E-state index contributed by atoms with van der Waals surface area (Å²) in [6.07, 6.45) is -2.25. The molecule has 3 aromatic rings. The number of ketones is 2. The van der Waals surface area contributed by atoms with Gasteiger partial charge in [0.1, 0.15) is 23.8 Å². The number of Topliss-reactive ketones (excluding diaryl/α,β-unsaturated/α-hetero) is 2. The first kappa shape index (κ1) is 48.7. The molecule has 4 heterocycles. The number of hydrogen-bond acceptors (Lipinski definition) is 14. The van der Waals surface area contributed by atoms with E-state index in [0.29, 0.717) is 31.4 Å². The second-order valence-corrected chi connectivity index (χ2v) is 18.2. The molecule has 1 aromatic heterocycles. The molecule has 3 aliphatic heterocycles. The number of nitrogens with zero attached hydrogens (tertiary/aromatic N) is 3. The number of pyridine rings is 1. The Kier molecular flexibility index (Phi) is 16.0. The number of methoxy groups -OCH3 is 1. The number of aryl methyl sites for hydroxylation is 1. The quantitative estimate of drug-likeness (QED) is 0.0923. The number of para-hydroxylation sites is 1. The lowest BCUT2D eigenvalue weighted by Gasteiger charge is -2.47. The molecule has 15 heteroatoms. The van der Waals surface area contributed by atoms with Crippen molar-refractivity contribution in [1.82, 2.24) is 20.3 Å². The average Bonchev–Trinajstić information content (AvgIpc) is 3.62. The fourth-order valence-corrected chi connectivity index (χ4v) is 9.74. The summed E-state index contributed by atoms with van der Waals surface area (Å²) in [7, 11) is 5.26. The number of ether oxygens (including phenoxy) is 6. The van der Waals surface area contributed by atoms with Crippen molar-refractivity contribution < 1.29 is 52.4 Å². The zero-order valence-corrected chi connectivity index (χ0v) is 38.9. The number of hydrazine groups is 1. The predicted molar refractivity (Wildman–Crippen MR) is 238 cm³/mol. The van der Waals surface area contributed by atoms with Gasteiger partial charge in [-0.3, -0.25) is 19.4 Å². The molecule has 1 N–H and O–H groups in total. The predicted octanol–water partition coefficient (Wildman–Crippen LogP) is 6.35. The Morgan fingerprint density at radius 2 is 1.64 bits per heavy atom. The van der Waals surface area contributed by atoms with Crippen molar-refractivity contribution >= 4 is 40.5 Å². The zero-order chi connectivity index (χ0) is 46.5. The van der Waals surface area contributed by atoms with Crippen LogP contribution >= 0.6 is 0 Å². The SMILES string of the molecule is CCC1OC(=O)C(C)C(=O)C(C)[C@@H](OC2OC(C)CC(N(C)C)[C@H]2OC(=O)c2ccccc2)[C@@](C)(OC)C[C@@H](C)C(=O)[C@H](C)[C@@H]2C1OC(=O)N2NCCCc1ccnc2ccccc12. The summed E-state index contributed by atoms with van der Waals surface area (Å²) in [4.78, 5) is 77.2. The van der Waals surface area contributed by atoms with Gasteiger partial charge in [0, 0.05) is 43.0 Å². The van der Waals surface area contributed by atoms with Crippen LogP contribution in [0.15, 0.2) is 66.9 Å². The van der Waals surface area contributed by atoms with Crippen LogP contribution in [0, 0.1) is 23.7 Å². The molecule has 348 valence electrons. The van der Waals surface area contributed by atoms with Crippen LogP contribution in [-0.4, -0.2) is 127 Å². The van der Waals surface area contributed by atoms with Crippen LogP contribution in [0.25, 0.3) is 10.9 Å². The van der Waals surface area contributed by atoms with Crippen LogP contribution < -0.4 is 5.43 Å². The van der Waals surface area contributed by atoms with Gasteiger partial charge in [-0.2, -0.15) is 0 Å². The maximum Gasteiger partial charge on any atom is 0.425 e. The van der Waals surface area contributed by atoms with Gasteiger partial charge in [-0.15, -0.1) is 0 Å². The van der Waals surface area contributed by atoms with Crippen molar-refractivity contribution in [2.75, 3.05) is 27.7 Å². The third kappa shape index (κ3) is 10.5. The van der Waals surface area contributed by atoms with Gasteiger partial charge in [-0.25, -0.2) is 20.0 Å². The normalized spacial score (nSPS) is 33.1. The minimum Gasteiger partial charge on any atom is -0.458 e. The molecule has 6 rings (SSSR count). The summed E-state index contributed by atoms with van der Waals surface area (Å²) in [6.45, 7) is 12.5. The number of aromatic nitrogens is 1. The maximum absolute atomic E-state index is 14.8. The fraction of sp³-hybridized carbons (Fsp3) is 0.592. The van der Waals surface area contributed by atoms with Gasteiger partial charge in [0.15, 0.2) is 24.3 Å². The Bertz CT molecular complexity index is 2110. The van der Waals surface area contributed by atoms with E-state index in [2.05, 4.69) is 10.4 Å². The Labute approximate surface area is 376 Å². The van der Waals surface area contributed by atoms with Gasteiger partial charge in [0.25, 0.3) is 0 Å². The van der Waals surface area contributed by atoms with Crippen molar-refractivity contribution in [1.29, 1.82) is 0 Å². The van der Waals surface area contributed by atoms with Crippen LogP contribution in [0.3, 0.4) is 0 Å². The van der Waals surface area contributed by atoms with Crippen molar-refractivity contribution in [2.45, 2.75) is 135 Å².